The third-order valence-corrected chi connectivity index (χ3v) is 5.39. The van der Waals surface area contributed by atoms with Gasteiger partial charge in [-0.05, 0) is 70.1 Å². The van der Waals surface area contributed by atoms with Crippen molar-refractivity contribution in [2.45, 2.75) is 39.5 Å². The summed E-state index contributed by atoms with van der Waals surface area (Å²) in [5, 5.41) is 2.94. The Kier molecular flexibility index (Phi) is 8.77. The fraction of sp³-hybridized carbons (Fsp3) is 0.636. The van der Waals surface area contributed by atoms with Gasteiger partial charge in [-0.15, -0.1) is 0 Å². The molecule has 0 spiro atoms. The Morgan fingerprint density at radius 1 is 1.07 bits per heavy atom. The van der Waals surface area contributed by atoms with Crippen molar-refractivity contribution >= 4 is 23.2 Å². The number of nitrogens with one attached hydrogen (secondary N) is 1. The van der Waals surface area contributed by atoms with Gasteiger partial charge < -0.3 is 20.0 Å². The van der Waals surface area contributed by atoms with Crippen molar-refractivity contribution in [3.05, 3.63) is 24.3 Å². The number of anilines is 2. The van der Waals surface area contributed by atoms with Gasteiger partial charge in [0.15, 0.2) is 0 Å². The molecule has 0 bridgehead atoms. The summed E-state index contributed by atoms with van der Waals surface area (Å²) in [4.78, 5) is 30.3. The molecule has 1 N–H and O–H groups in total. The minimum atomic E-state index is -0.0570. The van der Waals surface area contributed by atoms with Gasteiger partial charge in [-0.25, -0.2) is 0 Å². The fourth-order valence-corrected chi connectivity index (χ4v) is 3.49. The Balaban J connectivity index is 1.77. The molecule has 2 amide bonds. The van der Waals surface area contributed by atoms with Crippen molar-refractivity contribution in [3.8, 4) is 0 Å². The lowest BCUT2D eigenvalue weighted by Gasteiger charge is -2.32. The molecule has 0 saturated carbocycles. The Hall–Kier alpha value is -2.08. The van der Waals surface area contributed by atoms with Crippen molar-refractivity contribution in [2.24, 2.45) is 5.92 Å². The molecule has 0 radical (unpaired) electrons. The van der Waals surface area contributed by atoms with Gasteiger partial charge in [0.25, 0.3) is 0 Å². The van der Waals surface area contributed by atoms with Crippen LogP contribution in [0.4, 0.5) is 11.4 Å². The number of rotatable bonds is 9. The summed E-state index contributed by atoms with van der Waals surface area (Å²) in [6, 6.07) is 8.08. The lowest BCUT2D eigenvalue weighted by Crippen LogP contribution is -2.34. The summed E-state index contributed by atoms with van der Waals surface area (Å²) >= 11 is 0. The van der Waals surface area contributed by atoms with Crippen molar-refractivity contribution in [1.82, 2.24) is 9.80 Å². The predicted molar refractivity (Wildman–Crippen MR) is 116 cm³/mol. The van der Waals surface area contributed by atoms with Gasteiger partial charge in [0.05, 0.1) is 0 Å². The average molecular weight is 389 g/mol. The molecule has 1 aromatic rings. The number of hydrogen-bond donors (Lipinski definition) is 1. The van der Waals surface area contributed by atoms with E-state index < -0.39 is 0 Å². The third-order valence-electron chi connectivity index (χ3n) is 5.39. The second kappa shape index (κ2) is 11.1. The smallest absolute Gasteiger partial charge is 0.226 e. The van der Waals surface area contributed by atoms with Crippen LogP contribution in [0.1, 0.15) is 39.5 Å². The standard InChI is InChI=1S/C22H36N4O2/c1-18-10-15-26(16-11-18)21-8-6-20(7-9-21)23-22(28)12-17-25(19(2)27)14-5-13-24(3)4/h6-9,18H,5,10-17H2,1-4H3,(H,23,28). The number of hydrogen-bond acceptors (Lipinski definition) is 4. The van der Waals surface area contributed by atoms with Crippen LogP contribution in [0.15, 0.2) is 24.3 Å². The molecular formula is C22H36N4O2. The second-order valence-electron chi connectivity index (χ2n) is 8.18. The molecule has 0 unspecified atom stereocenters. The van der Waals surface area contributed by atoms with Gasteiger partial charge in [-0.3, -0.25) is 9.59 Å². The van der Waals surface area contributed by atoms with Crippen LogP contribution in [0.5, 0.6) is 0 Å². The Morgan fingerprint density at radius 2 is 1.71 bits per heavy atom. The summed E-state index contributed by atoms with van der Waals surface area (Å²) in [5.74, 6) is 0.775. The lowest BCUT2D eigenvalue weighted by molar-refractivity contribution is -0.129. The molecule has 1 heterocycles. The van der Waals surface area contributed by atoms with Crippen molar-refractivity contribution < 1.29 is 9.59 Å². The molecule has 0 atom stereocenters. The Morgan fingerprint density at radius 3 is 2.29 bits per heavy atom. The van der Waals surface area contributed by atoms with Gasteiger partial charge in [-0.2, -0.15) is 0 Å². The van der Waals surface area contributed by atoms with Gasteiger partial charge in [0.2, 0.25) is 11.8 Å². The number of nitrogens with zero attached hydrogens (tertiary/aromatic N) is 3. The molecule has 1 fully saturated rings. The van der Waals surface area contributed by atoms with Gasteiger partial charge >= 0.3 is 0 Å². The maximum atomic E-state index is 12.3. The molecular weight excluding hydrogens is 352 g/mol. The van der Waals surface area contributed by atoms with E-state index in [1.54, 1.807) is 11.8 Å². The highest BCUT2D eigenvalue weighted by molar-refractivity contribution is 5.91. The molecule has 1 aliphatic heterocycles. The van der Waals surface area contributed by atoms with Crippen molar-refractivity contribution in [3.63, 3.8) is 0 Å². The largest absolute Gasteiger partial charge is 0.372 e. The highest BCUT2D eigenvalue weighted by atomic mass is 16.2. The molecule has 0 aromatic heterocycles. The normalized spacial score (nSPS) is 15.0. The van der Waals surface area contributed by atoms with Crippen molar-refractivity contribution in [2.75, 3.05) is 57.0 Å². The first kappa shape index (κ1) is 22.2. The Labute approximate surface area is 169 Å². The topological polar surface area (TPSA) is 55.9 Å². The third kappa shape index (κ3) is 7.50. The zero-order valence-electron chi connectivity index (χ0n) is 17.9. The maximum absolute atomic E-state index is 12.3. The number of carbonyl (C=O) groups excluding carboxylic acids is 2. The van der Waals surface area contributed by atoms with E-state index in [1.165, 1.54) is 18.5 Å². The lowest BCUT2D eigenvalue weighted by atomic mass is 9.99. The van der Waals surface area contributed by atoms with Crippen molar-refractivity contribution in [1.29, 1.82) is 0 Å². The van der Waals surface area contributed by atoms with E-state index in [2.05, 4.69) is 34.2 Å². The minimum Gasteiger partial charge on any atom is -0.372 e. The first-order valence-corrected chi connectivity index (χ1v) is 10.4. The summed E-state index contributed by atoms with van der Waals surface area (Å²) in [6.07, 6.45) is 3.69. The molecule has 0 aliphatic carbocycles. The van der Waals surface area contributed by atoms with Gasteiger partial charge in [0.1, 0.15) is 0 Å². The van der Waals surface area contributed by atoms with E-state index >= 15 is 0 Å². The zero-order valence-corrected chi connectivity index (χ0v) is 17.9. The van der Waals surface area contributed by atoms with E-state index in [9.17, 15) is 9.59 Å². The van der Waals surface area contributed by atoms with E-state index in [-0.39, 0.29) is 11.8 Å². The molecule has 1 aliphatic rings. The van der Waals surface area contributed by atoms with Gasteiger partial charge in [-0.1, -0.05) is 6.92 Å². The average Bonchev–Trinajstić information content (AvgIpc) is 2.65. The minimum absolute atomic E-state index is 0.0201. The monoisotopic (exact) mass is 388 g/mol. The maximum Gasteiger partial charge on any atom is 0.226 e. The summed E-state index contributed by atoms with van der Waals surface area (Å²) < 4.78 is 0. The van der Waals surface area contributed by atoms with Gasteiger partial charge in [0, 0.05) is 50.9 Å². The number of benzene rings is 1. The van der Waals surface area contributed by atoms with Crippen LogP contribution in [0.3, 0.4) is 0 Å². The molecule has 1 aromatic carbocycles. The predicted octanol–water partition coefficient (Wildman–Crippen LogP) is 3.05. The zero-order chi connectivity index (χ0) is 20.5. The van der Waals surface area contributed by atoms with Crippen LogP contribution in [-0.4, -0.2) is 68.4 Å². The highest BCUT2D eigenvalue weighted by Crippen LogP contribution is 2.24. The van der Waals surface area contributed by atoms with E-state index in [1.807, 2.05) is 26.2 Å². The van der Waals surface area contributed by atoms with Crippen LogP contribution in [-0.2, 0) is 9.59 Å². The molecule has 156 valence electrons. The second-order valence-corrected chi connectivity index (χ2v) is 8.18. The molecule has 28 heavy (non-hydrogen) atoms. The fourth-order valence-electron chi connectivity index (χ4n) is 3.49. The highest BCUT2D eigenvalue weighted by Gasteiger charge is 2.16. The first-order chi connectivity index (χ1) is 13.3. The molecule has 2 rings (SSSR count). The SMILES string of the molecule is CC(=O)N(CCCN(C)C)CCC(=O)Nc1ccc(N2CCC(C)CC2)cc1. The first-order valence-electron chi connectivity index (χ1n) is 10.4. The van der Waals surface area contributed by atoms with Crippen LogP contribution < -0.4 is 10.2 Å². The van der Waals surface area contributed by atoms with Crippen LogP contribution in [0, 0.1) is 5.92 Å². The van der Waals surface area contributed by atoms with Crippen LogP contribution in [0.25, 0.3) is 0 Å². The summed E-state index contributed by atoms with van der Waals surface area (Å²) in [6.45, 7) is 8.14. The quantitative estimate of drug-likeness (QED) is 0.706. The number of amides is 2. The number of carbonyl (C=O) groups is 2. The van der Waals surface area contributed by atoms with E-state index in [0.717, 1.165) is 37.7 Å². The van der Waals surface area contributed by atoms with E-state index in [0.29, 0.717) is 19.5 Å². The Bertz CT molecular complexity index is 622. The van der Waals surface area contributed by atoms with E-state index in [4.69, 9.17) is 0 Å². The van der Waals surface area contributed by atoms with Crippen LogP contribution >= 0.6 is 0 Å². The molecule has 6 nitrogen and oxygen atoms in total. The number of piperidine rings is 1. The summed E-state index contributed by atoms with van der Waals surface area (Å²) in [5.41, 5.74) is 2.02. The molecule has 6 heteroatoms. The van der Waals surface area contributed by atoms with Crippen LogP contribution in [0.2, 0.25) is 0 Å². The molecule has 1 saturated heterocycles. The summed E-state index contributed by atoms with van der Waals surface area (Å²) in [7, 11) is 4.03.